The first-order chi connectivity index (χ1) is 17.3. The molecule has 4 aromatic carbocycles. The average molecular weight is 522 g/mol. The summed E-state index contributed by atoms with van der Waals surface area (Å²) in [5.41, 5.74) is 10.3. The van der Waals surface area contributed by atoms with Crippen LogP contribution in [0.4, 0.5) is 0 Å². The van der Waals surface area contributed by atoms with Crippen molar-refractivity contribution in [3.63, 3.8) is 0 Å². The number of hydrogen-bond donors (Lipinski definition) is 1. The van der Waals surface area contributed by atoms with Gasteiger partial charge in [0.1, 0.15) is 0 Å². The van der Waals surface area contributed by atoms with E-state index in [-0.39, 0.29) is 17.4 Å². The van der Waals surface area contributed by atoms with Gasteiger partial charge in [0.15, 0.2) is 6.29 Å². The lowest BCUT2D eigenvalue weighted by Crippen LogP contribution is -2.44. The predicted octanol–water partition coefficient (Wildman–Crippen LogP) is 6.06. The lowest BCUT2D eigenvalue weighted by atomic mass is 9.85. The third kappa shape index (κ3) is 6.60. The maximum Gasteiger partial charge on any atom is 0.299 e. The molecule has 7 heteroatoms. The van der Waals surface area contributed by atoms with E-state index < -0.39 is 22.4 Å². The van der Waals surface area contributed by atoms with Crippen LogP contribution in [0, 0.1) is 6.92 Å². The molecule has 0 saturated carbocycles. The van der Waals surface area contributed by atoms with Gasteiger partial charge in [-0.25, -0.2) is 4.18 Å². The van der Waals surface area contributed by atoms with Crippen molar-refractivity contribution in [3.8, 4) is 0 Å². The molecule has 0 amide bonds. The van der Waals surface area contributed by atoms with Gasteiger partial charge in [-0.15, -0.1) is 0 Å². The zero-order valence-electron chi connectivity index (χ0n) is 19.8. The van der Waals surface area contributed by atoms with Gasteiger partial charge in [-0.3, -0.25) is 0 Å². The Balaban J connectivity index is 1.70. The number of rotatable bonds is 10. The second kappa shape index (κ2) is 11.8. The van der Waals surface area contributed by atoms with Gasteiger partial charge < -0.3 is 10.5 Å². The Morgan fingerprint density at radius 1 is 0.806 bits per heavy atom. The molecule has 0 aliphatic carbocycles. The van der Waals surface area contributed by atoms with Crippen LogP contribution in [0.15, 0.2) is 114 Å². The summed E-state index contributed by atoms with van der Waals surface area (Å²) in [4.78, 5) is 0.0348. The Kier molecular flexibility index (Phi) is 8.56. The summed E-state index contributed by atoms with van der Waals surface area (Å²) < 4.78 is 38.2. The summed E-state index contributed by atoms with van der Waals surface area (Å²) in [6.45, 7) is 1.95. The third-order valence-electron chi connectivity index (χ3n) is 5.85. The van der Waals surface area contributed by atoms with Crippen LogP contribution in [0.3, 0.4) is 0 Å². The highest BCUT2D eigenvalue weighted by molar-refractivity contribution is 7.86. The Morgan fingerprint density at radius 2 is 1.39 bits per heavy atom. The van der Waals surface area contributed by atoms with E-state index in [9.17, 15) is 8.42 Å². The number of ether oxygens (including phenoxy) is 1. The fraction of sp³-hybridized carbons (Fsp3) is 0.172. The molecular formula is C29H28ClNO4S. The summed E-state index contributed by atoms with van der Waals surface area (Å²) in [7, 11) is -4.16. The highest BCUT2D eigenvalue weighted by Gasteiger charge is 2.34. The lowest BCUT2D eigenvalue weighted by molar-refractivity contribution is -0.102. The van der Waals surface area contributed by atoms with Crippen LogP contribution in [0.1, 0.15) is 28.2 Å². The van der Waals surface area contributed by atoms with Crippen molar-refractivity contribution in [1.29, 1.82) is 0 Å². The van der Waals surface area contributed by atoms with Gasteiger partial charge in [-0.05, 0) is 47.9 Å². The highest BCUT2D eigenvalue weighted by Crippen LogP contribution is 2.31. The molecule has 0 saturated heterocycles. The van der Waals surface area contributed by atoms with Crippen LogP contribution >= 0.6 is 11.6 Å². The van der Waals surface area contributed by atoms with Crippen LogP contribution in [-0.4, -0.2) is 20.7 Å². The highest BCUT2D eigenvalue weighted by atomic mass is 35.5. The summed E-state index contributed by atoms with van der Waals surface area (Å²) in [5.74, 6) is -0.384. The first-order valence-corrected chi connectivity index (χ1v) is 13.3. The van der Waals surface area contributed by atoms with Crippen LogP contribution < -0.4 is 5.73 Å². The van der Waals surface area contributed by atoms with E-state index in [4.69, 9.17) is 26.3 Å². The van der Waals surface area contributed by atoms with Gasteiger partial charge in [0.2, 0.25) is 0 Å². The Morgan fingerprint density at radius 3 is 1.94 bits per heavy atom. The second-order valence-electron chi connectivity index (χ2n) is 8.55. The number of nitrogens with two attached hydrogens (primary N) is 1. The van der Waals surface area contributed by atoms with Crippen molar-refractivity contribution in [1.82, 2.24) is 0 Å². The van der Waals surface area contributed by atoms with Crippen molar-refractivity contribution in [3.05, 3.63) is 136 Å². The summed E-state index contributed by atoms with van der Waals surface area (Å²) in [6.07, 6.45) is -1.28. The number of hydrogen-bond acceptors (Lipinski definition) is 5. The molecule has 36 heavy (non-hydrogen) atoms. The first-order valence-electron chi connectivity index (χ1n) is 11.5. The number of aryl methyl sites for hydroxylation is 1. The van der Waals surface area contributed by atoms with Crippen LogP contribution in [0.25, 0.3) is 0 Å². The number of halogens is 1. The van der Waals surface area contributed by atoms with Crippen LogP contribution in [-0.2, 0) is 25.6 Å². The summed E-state index contributed by atoms with van der Waals surface area (Å²) in [6, 6.07) is 32.1. The monoisotopic (exact) mass is 521 g/mol. The van der Waals surface area contributed by atoms with Gasteiger partial charge in [-0.2, -0.15) is 8.42 Å². The fourth-order valence-electron chi connectivity index (χ4n) is 4.01. The molecule has 2 atom stereocenters. The smallest absolute Gasteiger partial charge is 0.299 e. The molecule has 4 aromatic rings. The quantitative estimate of drug-likeness (QED) is 0.203. The molecule has 2 N–H and O–H groups in total. The molecule has 4 rings (SSSR count). The average Bonchev–Trinajstić information content (AvgIpc) is 2.88. The van der Waals surface area contributed by atoms with Crippen molar-refractivity contribution >= 4 is 21.7 Å². The van der Waals surface area contributed by atoms with Crippen LogP contribution in [0.2, 0.25) is 5.02 Å². The maximum absolute atomic E-state index is 13.2. The fourth-order valence-corrected chi connectivity index (χ4v) is 5.24. The minimum atomic E-state index is -4.16. The van der Waals surface area contributed by atoms with E-state index >= 15 is 0 Å². The minimum Gasteiger partial charge on any atom is -0.345 e. The van der Waals surface area contributed by atoms with E-state index in [1.54, 1.807) is 30.3 Å². The SMILES string of the molecule is Cc1ccc(S(=O)(=O)OC(OCc2cccc(Cl)c2)C(N)C(c2ccccc2)c2ccccc2)cc1. The lowest BCUT2D eigenvalue weighted by Gasteiger charge is -2.31. The molecule has 0 fully saturated rings. The topological polar surface area (TPSA) is 78.6 Å². The molecule has 5 nitrogen and oxygen atoms in total. The largest absolute Gasteiger partial charge is 0.345 e. The van der Waals surface area contributed by atoms with Gasteiger partial charge in [0.25, 0.3) is 10.1 Å². The van der Waals surface area contributed by atoms with Crippen LogP contribution in [0.5, 0.6) is 0 Å². The number of benzene rings is 4. The zero-order valence-corrected chi connectivity index (χ0v) is 21.4. The van der Waals surface area contributed by atoms with E-state index in [0.717, 1.165) is 22.3 Å². The molecule has 0 heterocycles. The standard InChI is InChI=1S/C29H28ClNO4S/c1-21-15-17-26(18-16-21)36(32,33)35-29(34-20-22-9-8-14-25(30)19-22)28(31)27(23-10-4-2-5-11-23)24-12-6-3-7-13-24/h2-19,27-29H,20,31H2,1H3. The van der Waals surface area contributed by atoms with Crippen molar-refractivity contribution < 1.29 is 17.3 Å². The third-order valence-corrected chi connectivity index (χ3v) is 7.38. The Labute approximate surface area is 217 Å². The molecule has 0 aliphatic heterocycles. The minimum absolute atomic E-state index is 0.0348. The van der Waals surface area contributed by atoms with Gasteiger partial charge in [-0.1, -0.05) is 102 Å². The van der Waals surface area contributed by atoms with Crippen molar-refractivity contribution in [2.75, 3.05) is 0 Å². The molecule has 186 valence electrons. The molecule has 2 unspecified atom stereocenters. The second-order valence-corrected chi connectivity index (χ2v) is 10.6. The molecule has 0 aromatic heterocycles. The van der Waals surface area contributed by atoms with E-state index in [1.807, 2.05) is 73.7 Å². The molecular weight excluding hydrogens is 494 g/mol. The van der Waals surface area contributed by atoms with E-state index in [2.05, 4.69) is 0 Å². The zero-order chi connectivity index (χ0) is 25.5. The first kappa shape index (κ1) is 26.1. The maximum atomic E-state index is 13.2. The van der Waals surface area contributed by atoms with E-state index in [1.165, 1.54) is 12.1 Å². The van der Waals surface area contributed by atoms with Crippen molar-refractivity contribution in [2.24, 2.45) is 5.73 Å². The summed E-state index contributed by atoms with van der Waals surface area (Å²) >= 11 is 6.13. The van der Waals surface area contributed by atoms with Gasteiger partial charge in [0, 0.05) is 10.9 Å². The Hall–Kier alpha value is -3.00. The Bertz CT molecular complexity index is 1320. The molecule has 0 spiro atoms. The molecule has 0 bridgehead atoms. The van der Waals surface area contributed by atoms with Crippen molar-refractivity contribution in [2.45, 2.75) is 36.7 Å². The molecule has 0 radical (unpaired) electrons. The van der Waals surface area contributed by atoms with E-state index in [0.29, 0.717) is 5.02 Å². The van der Waals surface area contributed by atoms with Gasteiger partial charge in [0.05, 0.1) is 17.5 Å². The summed E-state index contributed by atoms with van der Waals surface area (Å²) in [5, 5.41) is 0.552. The van der Waals surface area contributed by atoms with Gasteiger partial charge >= 0.3 is 0 Å². The normalized spacial score (nSPS) is 13.4. The predicted molar refractivity (Wildman–Crippen MR) is 142 cm³/mol. The molecule has 0 aliphatic rings.